The summed E-state index contributed by atoms with van der Waals surface area (Å²) in [6, 6.07) is 4.73. The molecule has 0 spiro atoms. The Morgan fingerprint density at radius 3 is 2.53 bits per heavy atom. The molecule has 2 heterocycles. The molecule has 1 atom stereocenters. The monoisotopic (exact) mass is 441 g/mol. The highest BCUT2D eigenvalue weighted by atomic mass is 19.1. The van der Waals surface area contributed by atoms with E-state index in [1.807, 2.05) is 31.7 Å². The number of fused-ring (bicyclic) bond motifs is 1. The van der Waals surface area contributed by atoms with Crippen LogP contribution in [0, 0.1) is 5.82 Å². The Bertz CT molecular complexity index is 998. The van der Waals surface area contributed by atoms with Crippen LogP contribution in [0.2, 0.25) is 0 Å². The van der Waals surface area contributed by atoms with E-state index in [-0.39, 0.29) is 29.6 Å². The van der Waals surface area contributed by atoms with E-state index in [1.54, 1.807) is 17.2 Å². The number of anilines is 1. The van der Waals surface area contributed by atoms with Gasteiger partial charge < -0.3 is 19.9 Å². The summed E-state index contributed by atoms with van der Waals surface area (Å²) in [6.45, 7) is 7.79. The zero-order valence-corrected chi connectivity index (χ0v) is 18.6. The molecule has 0 saturated carbocycles. The van der Waals surface area contributed by atoms with Gasteiger partial charge in [0, 0.05) is 26.2 Å². The second kappa shape index (κ2) is 8.72. The summed E-state index contributed by atoms with van der Waals surface area (Å²) in [5.41, 5.74) is 1.19. The number of carbonyl (C=O) groups is 2. The molecular formula is C23H28FN5O3. The van der Waals surface area contributed by atoms with E-state index in [0.29, 0.717) is 50.4 Å². The summed E-state index contributed by atoms with van der Waals surface area (Å²) in [7, 11) is 0. The number of aromatic nitrogens is 2. The summed E-state index contributed by atoms with van der Waals surface area (Å²) < 4.78 is 19.3. The molecule has 2 amide bonds. The van der Waals surface area contributed by atoms with Gasteiger partial charge in [0.05, 0.1) is 18.4 Å². The number of hydrogen-bond acceptors (Lipinski definition) is 6. The molecule has 1 aromatic carbocycles. The average molecular weight is 442 g/mol. The van der Waals surface area contributed by atoms with E-state index in [4.69, 9.17) is 4.74 Å². The zero-order valence-electron chi connectivity index (χ0n) is 18.6. The predicted molar refractivity (Wildman–Crippen MR) is 117 cm³/mol. The van der Waals surface area contributed by atoms with Crippen LogP contribution in [-0.2, 0) is 11.2 Å². The Kier molecular flexibility index (Phi) is 5.99. The highest BCUT2D eigenvalue weighted by Crippen LogP contribution is 2.32. The van der Waals surface area contributed by atoms with Crippen LogP contribution in [0.4, 0.5) is 15.0 Å². The molecule has 9 heteroatoms. The minimum Gasteiger partial charge on any atom is -0.444 e. The lowest BCUT2D eigenvalue weighted by molar-refractivity contribution is 0.0240. The first-order valence-electron chi connectivity index (χ1n) is 10.8. The molecule has 1 N–H and O–H groups in total. The maximum absolute atomic E-state index is 13.9. The molecule has 8 nitrogen and oxygen atoms in total. The Morgan fingerprint density at radius 2 is 1.88 bits per heavy atom. The van der Waals surface area contributed by atoms with Crippen LogP contribution in [0.5, 0.6) is 0 Å². The second-order valence-electron chi connectivity index (χ2n) is 9.09. The number of benzene rings is 1. The van der Waals surface area contributed by atoms with E-state index >= 15 is 0 Å². The van der Waals surface area contributed by atoms with Gasteiger partial charge in [-0.1, -0.05) is 12.1 Å². The largest absolute Gasteiger partial charge is 0.444 e. The van der Waals surface area contributed by atoms with Crippen LogP contribution in [0.3, 0.4) is 0 Å². The summed E-state index contributed by atoms with van der Waals surface area (Å²) >= 11 is 0. The van der Waals surface area contributed by atoms with Crippen molar-refractivity contribution in [1.82, 2.24) is 20.2 Å². The fourth-order valence-corrected chi connectivity index (χ4v) is 4.04. The fraction of sp³-hybridized carbons (Fsp3) is 0.478. The first-order valence-corrected chi connectivity index (χ1v) is 10.8. The minimum absolute atomic E-state index is 0.214. The number of halogens is 1. The van der Waals surface area contributed by atoms with Crippen LogP contribution < -0.4 is 10.2 Å². The lowest BCUT2D eigenvalue weighted by Gasteiger charge is -2.36. The molecule has 170 valence electrons. The van der Waals surface area contributed by atoms with Crippen LogP contribution in [0.1, 0.15) is 54.8 Å². The Balaban J connectivity index is 1.33. The third kappa shape index (κ3) is 4.81. The van der Waals surface area contributed by atoms with Crippen molar-refractivity contribution in [3.63, 3.8) is 0 Å². The third-order valence-corrected chi connectivity index (χ3v) is 5.65. The van der Waals surface area contributed by atoms with Gasteiger partial charge >= 0.3 is 6.09 Å². The molecule has 4 rings (SSSR count). The van der Waals surface area contributed by atoms with Gasteiger partial charge in [0.1, 0.15) is 22.9 Å². The standard InChI is InChI=1S/C23H28FN5O3/c1-23(2,3)32-22(31)29-11-9-28(10-12-29)20-14-25-19(13-26-20)21(30)27-18-8-7-15-16(18)5-4-6-17(15)24/h4-6,13-14,18H,7-12H2,1-3H3,(H,27,30)/t18-/m0/s1. The van der Waals surface area contributed by atoms with Crippen LogP contribution in [-0.4, -0.2) is 58.6 Å². The molecule has 1 aliphatic carbocycles. The van der Waals surface area contributed by atoms with E-state index in [9.17, 15) is 14.0 Å². The number of rotatable bonds is 3. The Labute approximate surface area is 186 Å². The van der Waals surface area contributed by atoms with Gasteiger partial charge in [0.2, 0.25) is 0 Å². The van der Waals surface area contributed by atoms with Crippen molar-refractivity contribution in [2.24, 2.45) is 0 Å². The highest BCUT2D eigenvalue weighted by molar-refractivity contribution is 5.92. The number of amides is 2. The van der Waals surface area contributed by atoms with E-state index in [1.165, 1.54) is 12.3 Å². The minimum atomic E-state index is -0.523. The maximum Gasteiger partial charge on any atom is 0.410 e. The summed E-state index contributed by atoms with van der Waals surface area (Å²) in [4.78, 5) is 37.2. The summed E-state index contributed by atoms with van der Waals surface area (Å²) in [5, 5.41) is 2.93. The van der Waals surface area contributed by atoms with Gasteiger partial charge in [-0.25, -0.2) is 19.2 Å². The summed E-state index contributed by atoms with van der Waals surface area (Å²) in [6.07, 6.45) is 3.97. The maximum atomic E-state index is 13.9. The number of nitrogens with one attached hydrogen (secondary N) is 1. The lowest BCUT2D eigenvalue weighted by atomic mass is 10.1. The zero-order chi connectivity index (χ0) is 22.9. The average Bonchev–Trinajstić information content (AvgIpc) is 3.17. The highest BCUT2D eigenvalue weighted by Gasteiger charge is 2.28. The molecule has 32 heavy (non-hydrogen) atoms. The van der Waals surface area contributed by atoms with Gasteiger partial charge in [-0.05, 0) is 50.8 Å². The Morgan fingerprint density at radius 1 is 1.12 bits per heavy atom. The Hall–Kier alpha value is -3.23. The number of hydrogen-bond donors (Lipinski definition) is 1. The number of nitrogens with zero attached hydrogens (tertiary/aromatic N) is 4. The number of carbonyl (C=O) groups excluding carboxylic acids is 2. The van der Waals surface area contributed by atoms with Gasteiger partial charge in [0.15, 0.2) is 0 Å². The van der Waals surface area contributed by atoms with Crippen molar-refractivity contribution in [1.29, 1.82) is 0 Å². The van der Waals surface area contributed by atoms with Gasteiger partial charge in [-0.15, -0.1) is 0 Å². The first kappa shape index (κ1) is 22.0. The van der Waals surface area contributed by atoms with Crippen LogP contribution >= 0.6 is 0 Å². The molecule has 2 aliphatic rings. The second-order valence-corrected chi connectivity index (χ2v) is 9.09. The molecule has 0 unspecified atom stereocenters. The molecule has 0 radical (unpaired) electrons. The van der Waals surface area contributed by atoms with Crippen molar-refractivity contribution >= 4 is 17.8 Å². The van der Waals surface area contributed by atoms with E-state index in [0.717, 1.165) is 5.56 Å². The quantitative estimate of drug-likeness (QED) is 0.788. The molecule has 1 saturated heterocycles. The molecule has 1 aromatic heterocycles. The van der Waals surface area contributed by atoms with Crippen molar-refractivity contribution in [3.8, 4) is 0 Å². The van der Waals surface area contributed by atoms with E-state index in [2.05, 4.69) is 15.3 Å². The first-order chi connectivity index (χ1) is 15.2. The van der Waals surface area contributed by atoms with E-state index < -0.39 is 5.60 Å². The van der Waals surface area contributed by atoms with Crippen molar-refractivity contribution < 1.29 is 18.7 Å². The van der Waals surface area contributed by atoms with Crippen molar-refractivity contribution in [2.45, 2.75) is 45.3 Å². The SMILES string of the molecule is CC(C)(C)OC(=O)N1CCN(c2cnc(C(=O)N[C@H]3CCc4c(F)cccc43)cn2)CC1. The molecule has 1 aliphatic heterocycles. The van der Waals surface area contributed by atoms with Crippen LogP contribution in [0.15, 0.2) is 30.6 Å². The topological polar surface area (TPSA) is 87.7 Å². The normalized spacial score (nSPS) is 18.3. The van der Waals surface area contributed by atoms with Crippen molar-refractivity contribution in [3.05, 3.63) is 53.2 Å². The lowest BCUT2D eigenvalue weighted by Crippen LogP contribution is -2.50. The fourth-order valence-electron chi connectivity index (χ4n) is 4.04. The predicted octanol–water partition coefficient (Wildman–Crippen LogP) is 3.09. The molecule has 0 bridgehead atoms. The molecular weight excluding hydrogens is 413 g/mol. The summed E-state index contributed by atoms with van der Waals surface area (Å²) in [5.74, 6) is 0.0923. The third-order valence-electron chi connectivity index (χ3n) is 5.65. The molecule has 1 fully saturated rings. The van der Waals surface area contributed by atoms with Gasteiger partial charge in [0.25, 0.3) is 5.91 Å². The number of ether oxygens (including phenoxy) is 1. The van der Waals surface area contributed by atoms with Crippen LogP contribution in [0.25, 0.3) is 0 Å². The van der Waals surface area contributed by atoms with Crippen molar-refractivity contribution in [2.75, 3.05) is 31.1 Å². The number of piperazine rings is 1. The van der Waals surface area contributed by atoms with Gasteiger partial charge in [-0.3, -0.25) is 4.79 Å². The smallest absolute Gasteiger partial charge is 0.410 e. The molecule has 2 aromatic rings. The van der Waals surface area contributed by atoms with Gasteiger partial charge in [-0.2, -0.15) is 0 Å².